The van der Waals surface area contributed by atoms with Crippen molar-refractivity contribution in [3.05, 3.63) is 68.2 Å². The molecular formula is C14H12BrNO4. The molecule has 0 aliphatic carbocycles. The summed E-state index contributed by atoms with van der Waals surface area (Å²) >= 11 is 3.31. The lowest BCUT2D eigenvalue weighted by atomic mass is 10.2. The summed E-state index contributed by atoms with van der Waals surface area (Å²) in [6.45, 7) is -0.00702. The molecule has 0 heterocycles. The highest BCUT2D eigenvalue weighted by atomic mass is 79.9. The highest BCUT2D eigenvalue weighted by Crippen LogP contribution is 2.24. The quantitative estimate of drug-likeness (QED) is 0.670. The van der Waals surface area contributed by atoms with E-state index in [1.807, 2.05) is 0 Å². The van der Waals surface area contributed by atoms with Crippen LogP contribution in [0.25, 0.3) is 0 Å². The molecule has 2 aromatic carbocycles. The van der Waals surface area contributed by atoms with E-state index in [9.17, 15) is 15.2 Å². The molecule has 0 radical (unpaired) electrons. The summed E-state index contributed by atoms with van der Waals surface area (Å²) in [5.74, 6) is 0.551. The third-order valence-corrected chi connectivity index (χ3v) is 3.54. The van der Waals surface area contributed by atoms with E-state index in [0.717, 1.165) is 4.47 Å². The summed E-state index contributed by atoms with van der Waals surface area (Å²) in [7, 11) is 0. The van der Waals surface area contributed by atoms with E-state index in [1.54, 1.807) is 36.4 Å². The highest BCUT2D eigenvalue weighted by Gasteiger charge is 2.12. The van der Waals surface area contributed by atoms with E-state index in [2.05, 4.69) is 15.9 Å². The third-order valence-electron chi connectivity index (χ3n) is 2.77. The van der Waals surface area contributed by atoms with Gasteiger partial charge in [0.2, 0.25) is 0 Å². The van der Waals surface area contributed by atoms with Crippen molar-refractivity contribution in [2.75, 3.05) is 0 Å². The van der Waals surface area contributed by atoms with Crippen LogP contribution in [-0.2, 0) is 13.2 Å². The molecule has 0 atom stereocenters. The first kappa shape index (κ1) is 14.5. The van der Waals surface area contributed by atoms with Crippen molar-refractivity contribution in [3.8, 4) is 5.75 Å². The largest absolute Gasteiger partial charge is 0.489 e. The number of hydrogen-bond donors (Lipinski definition) is 1. The van der Waals surface area contributed by atoms with E-state index in [1.165, 1.54) is 6.07 Å². The van der Waals surface area contributed by atoms with Crippen LogP contribution < -0.4 is 4.74 Å². The molecule has 20 heavy (non-hydrogen) atoms. The minimum absolute atomic E-state index is 0.0343. The Balaban J connectivity index is 2.15. The van der Waals surface area contributed by atoms with E-state index in [0.29, 0.717) is 16.9 Å². The second kappa shape index (κ2) is 6.49. The smallest absolute Gasteiger partial charge is 0.276 e. The number of halogens is 1. The zero-order valence-corrected chi connectivity index (χ0v) is 12.0. The monoisotopic (exact) mass is 337 g/mol. The van der Waals surface area contributed by atoms with Crippen LogP contribution >= 0.6 is 15.9 Å². The van der Waals surface area contributed by atoms with Crippen molar-refractivity contribution >= 4 is 21.6 Å². The van der Waals surface area contributed by atoms with Gasteiger partial charge in [-0.1, -0.05) is 28.1 Å². The molecule has 5 nitrogen and oxygen atoms in total. The van der Waals surface area contributed by atoms with Gasteiger partial charge >= 0.3 is 0 Å². The predicted octanol–water partition coefficient (Wildman–Crippen LogP) is 3.43. The van der Waals surface area contributed by atoms with E-state index in [-0.39, 0.29) is 18.9 Å². The van der Waals surface area contributed by atoms with Crippen LogP contribution in [0.3, 0.4) is 0 Å². The number of nitro groups is 1. The van der Waals surface area contributed by atoms with E-state index < -0.39 is 4.92 Å². The molecule has 0 aromatic heterocycles. The molecule has 0 fully saturated rings. The maximum absolute atomic E-state index is 10.9. The number of aliphatic hydroxyl groups is 1. The van der Waals surface area contributed by atoms with E-state index in [4.69, 9.17) is 4.74 Å². The van der Waals surface area contributed by atoms with Gasteiger partial charge in [0.15, 0.2) is 0 Å². The second-order valence-corrected chi connectivity index (χ2v) is 4.94. The first-order chi connectivity index (χ1) is 9.61. The number of aliphatic hydroxyl groups excluding tert-OH is 1. The first-order valence-electron chi connectivity index (χ1n) is 5.86. The summed E-state index contributed by atoms with van der Waals surface area (Å²) in [4.78, 5) is 10.5. The Hall–Kier alpha value is -1.92. The number of nitrogens with zero attached hydrogens (tertiary/aromatic N) is 1. The second-order valence-electron chi connectivity index (χ2n) is 4.09. The van der Waals surface area contributed by atoms with Gasteiger partial charge < -0.3 is 9.84 Å². The first-order valence-corrected chi connectivity index (χ1v) is 6.65. The average molecular weight is 338 g/mol. The van der Waals surface area contributed by atoms with Crippen LogP contribution in [0.15, 0.2) is 46.9 Å². The molecule has 0 bridgehead atoms. The number of para-hydroxylation sites is 1. The van der Waals surface area contributed by atoms with Crippen LogP contribution in [0.1, 0.15) is 11.1 Å². The topological polar surface area (TPSA) is 72.6 Å². The molecule has 2 rings (SSSR count). The van der Waals surface area contributed by atoms with E-state index >= 15 is 0 Å². The SMILES string of the molecule is O=[N+]([O-])c1ccccc1COc1ccc(Br)c(CO)c1. The lowest BCUT2D eigenvalue weighted by Gasteiger charge is -2.09. The molecule has 0 saturated carbocycles. The lowest BCUT2D eigenvalue weighted by Crippen LogP contribution is -2.00. The molecule has 0 aliphatic heterocycles. The van der Waals surface area contributed by atoms with Crippen molar-refractivity contribution in [1.82, 2.24) is 0 Å². The molecule has 0 unspecified atom stereocenters. The Morgan fingerprint density at radius 3 is 2.65 bits per heavy atom. The van der Waals surface area contributed by atoms with Crippen molar-refractivity contribution in [1.29, 1.82) is 0 Å². The van der Waals surface area contributed by atoms with Gasteiger partial charge in [-0.2, -0.15) is 0 Å². The molecule has 0 spiro atoms. The Labute approximate surface area is 124 Å². The molecular weight excluding hydrogens is 326 g/mol. The molecule has 0 aliphatic rings. The fourth-order valence-corrected chi connectivity index (χ4v) is 2.11. The highest BCUT2D eigenvalue weighted by molar-refractivity contribution is 9.10. The van der Waals surface area contributed by atoms with Crippen LogP contribution in [0.2, 0.25) is 0 Å². The third kappa shape index (κ3) is 3.34. The number of rotatable bonds is 5. The average Bonchev–Trinajstić information content (AvgIpc) is 2.46. The van der Waals surface area contributed by atoms with Gasteiger partial charge in [-0.15, -0.1) is 0 Å². The van der Waals surface area contributed by atoms with Gasteiger partial charge in [0.05, 0.1) is 17.1 Å². The van der Waals surface area contributed by atoms with Crippen molar-refractivity contribution in [2.45, 2.75) is 13.2 Å². The number of benzene rings is 2. The van der Waals surface area contributed by atoms with Gasteiger partial charge in [-0.3, -0.25) is 10.1 Å². The van der Waals surface area contributed by atoms with Crippen LogP contribution in [0.5, 0.6) is 5.75 Å². The lowest BCUT2D eigenvalue weighted by molar-refractivity contribution is -0.385. The summed E-state index contributed by atoms with van der Waals surface area (Å²) in [5.41, 5.74) is 1.24. The van der Waals surface area contributed by atoms with Crippen LogP contribution in [0, 0.1) is 10.1 Å². The standard InChI is InChI=1S/C14H12BrNO4/c15-13-6-5-12(7-11(13)8-17)20-9-10-3-1-2-4-14(10)16(18)19/h1-7,17H,8-9H2. The molecule has 6 heteroatoms. The summed E-state index contributed by atoms with van der Waals surface area (Å²) in [6.07, 6.45) is 0. The van der Waals surface area contributed by atoms with Gasteiger partial charge in [0.1, 0.15) is 12.4 Å². The maximum atomic E-state index is 10.9. The summed E-state index contributed by atoms with van der Waals surface area (Å²) in [6, 6.07) is 11.6. The van der Waals surface area contributed by atoms with Crippen molar-refractivity contribution in [3.63, 3.8) is 0 Å². The summed E-state index contributed by atoms with van der Waals surface area (Å²) in [5, 5.41) is 20.1. The van der Waals surface area contributed by atoms with Gasteiger partial charge in [0, 0.05) is 10.5 Å². The minimum Gasteiger partial charge on any atom is -0.489 e. The van der Waals surface area contributed by atoms with Crippen LogP contribution in [0.4, 0.5) is 5.69 Å². The van der Waals surface area contributed by atoms with Crippen molar-refractivity contribution < 1.29 is 14.8 Å². The Bertz CT molecular complexity index is 630. The van der Waals surface area contributed by atoms with Crippen LogP contribution in [-0.4, -0.2) is 10.0 Å². The maximum Gasteiger partial charge on any atom is 0.276 e. The summed E-state index contributed by atoms with van der Waals surface area (Å²) < 4.78 is 6.33. The molecule has 2 aromatic rings. The zero-order valence-electron chi connectivity index (χ0n) is 10.5. The zero-order chi connectivity index (χ0) is 14.5. The Morgan fingerprint density at radius 2 is 1.95 bits per heavy atom. The number of nitro benzene ring substituents is 1. The van der Waals surface area contributed by atoms with Crippen molar-refractivity contribution in [2.24, 2.45) is 0 Å². The number of ether oxygens (including phenoxy) is 1. The predicted molar refractivity (Wildman–Crippen MR) is 77.5 cm³/mol. The van der Waals surface area contributed by atoms with Gasteiger partial charge in [-0.05, 0) is 29.8 Å². The normalized spacial score (nSPS) is 10.3. The Morgan fingerprint density at radius 1 is 1.20 bits per heavy atom. The number of hydrogen-bond acceptors (Lipinski definition) is 4. The van der Waals surface area contributed by atoms with Gasteiger partial charge in [-0.25, -0.2) is 0 Å². The fraction of sp³-hybridized carbons (Fsp3) is 0.143. The molecule has 0 saturated heterocycles. The molecule has 104 valence electrons. The van der Waals surface area contributed by atoms with Gasteiger partial charge in [0.25, 0.3) is 5.69 Å². The molecule has 0 amide bonds. The Kier molecular flexibility index (Phi) is 4.70. The minimum atomic E-state index is -0.431. The molecule has 1 N–H and O–H groups in total. The fourth-order valence-electron chi connectivity index (χ4n) is 1.73.